The molecule has 0 saturated carbocycles. The lowest BCUT2D eigenvalue weighted by molar-refractivity contribution is 1.09. The topological polar surface area (TPSA) is 25.8 Å². The van der Waals surface area contributed by atoms with Gasteiger partial charge in [-0.2, -0.15) is 0 Å². The maximum Gasteiger partial charge on any atom is 0.0885 e. The highest BCUT2D eigenvalue weighted by molar-refractivity contribution is 5.41. The van der Waals surface area contributed by atoms with Crippen molar-refractivity contribution < 1.29 is 0 Å². The van der Waals surface area contributed by atoms with Crippen molar-refractivity contribution >= 4 is 12.2 Å². The Labute approximate surface area is 72.0 Å². The third-order valence-corrected chi connectivity index (χ3v) is 1.41. The van der Waals surface area contributed by atoms with Gasteiger partial charge >= 0.3 is 0 Å². The lowest BCUT2D eigenvalue weighted by Gasteiger charge is -1.88. The molecule has 0 unspecified atom stereocenters. The summed E-state index contributed by atoms with van der Waals surface area (Å²) in [5, 5.41) is 1.79. The summed E-state index contributed by atoms with van der Waals surface area (Å²) in [4.78, 5) is 8.34. The van der Waals surface area contributed by atoms with Crippen LogP contribution in [0.1, 0.15) is 13.8 Å². The second kappa shape index (κ2) is 3.81. The smallest absolute Gasteiger partial charge is 0.0885 e. The van der Waals surface area contributed by atoms with Gasteiger partial charge < -0.3 is 0 Å². The van der Waals surface area contributed by atoms with Crippen LogP contribution in [0.3, 0.4) is 0 Å². The first-order valence-corrected chi connectivity index (χ1v) is 3.84. The van der Waals surface area contributed by atoms with Crippen LogP contribution in [0.15, 0.2) is 24.5 Å². The summed E-state index contributed by atoms with van der Waals surface area (Å²) >= 11 is 0. The van der Waals surface area contributed by atoms with Gasteiger partial charge in [0.25, 0.3) is 0 Å². The number of aromatic nitrogens is 2. The quantitative estimate of drug-likeness (QED) is 0.602. The molecular formula is C10H12N2. The van der Waals surface area contributed by atoms with E-state index in [1.807, 2.05) is 26.0 Å². The van der Waals surface area contributed by atoms with Crippen LogP contribution in [0.25, 0.3) is 12.2 Å². The highest BCUT2D eigenvalue weighted by Gasteiger charge is 1.84. The first-order valence-electron chi connectivity index (χ1n) is 3.84. The van der Waals surface area contributed by atoms with Gasteiger partial charge in [-0.15, -0.1) is 0 Å². The van der Waals surface area contributed by atoms with E-state index in [1.54, 1.807) is 12.4 Å². The van der Waals surface area contributed by atoms with E-state index in [9.17, 15) is 0 Å². The molecule has 0 amide bonds. The van der Waals surface area contributed by atoms with Crippen molar-refractivity contribution in [2.45, 2.75) is 13.8 Å². The predicted octanol–water partition coefficient (Wildman–Crippen LogP) is 0.634. The number of hydrogen-bond donors (Lipinski definition) is 0. The van der Waals surface area contributed by atoms with E-state index in [0.717, 1.165) is 16.3 Å². The summed E-state index contributed by atoms with van der Waals surface area (Å²) < 4.78 is 0. The van der Waals surface area contributed by atoms with Crippen LogP contribution in [-0.4, -0.2) is 9.97 Å². The minimum Gasteiger partial charge on any atom is -0.253 e. The molecule has 0 spiro atoms. The molecule has 0 bridgehead atoms. The zero-order valence-corrected chi connectivity index (χ0v) is 7.41. The van der Waals surface area contributed by atoms with Crippen LogP contribution in [0.4, 0.5) is 0 Å². The van der Waals surface area contributed by atoms with Crippen LogP contribution in [0.5, 0.6) is 0 Å². The molecule has 2 heteroatoms. The average molecular weight is 160 g/mol. The third kappa shape index (κ3) is 2.02. The Hall–Kier alpha value is -1.44. The van der Waals surface area contributed by atoms with E-state index in [-0.39, 0.29) is 0 Å². The highest BCUT2D eigenvalue weighted by Crippen LogP contribution is 1.83. The molecule has 0 aromatic carbocycles. The average Bonchev–Trinajstić information content (AvgIpc) is 2.04. The molecular weight excluding hydrogens is 148 g/mol. The second-order valence-corrected chi connectivity index (χ2v) is 2.61. The Bertz CT molecular complexity index is 391. The molecule has 12 heavy (non-hydrogen) atoms. The van der Waals surface area contributed by atoms with E-state index in [1.165, 1.54) is 0 Å². The molecule has 1 aromatic heterocycles. The van der Waals surface area contributed by atoms with Crippen molar-refractivity contribution in [2.24, 2.45) is 0 Å². The van der Waals surface area contributed by atoms with Crippen molar-refractivity contribution in [3.8, 4) is 0 Å². The molecule has 62 valence electrons. The Kier molecular flexibility index (Phi) is 2.75. The SMILES string of the molecule is C=C(C)/C=c1/nccn/c1=C/C. The largest absolute Gasteiger partial charge is 0.253 e. The highest BCUT2D eigenvalue weighted by atomic mass is 14.7. The summed E-state index contributed by atoms with van der Waals surface area (Å²) in [6.07, 6.45) is 7.22. The maximum absolute atomic E-state index is 4.18. The Morgan fingerprint density at radius 3 is 2.42 bits per heavy atom. The first kappa shape index (κ1) is 8.65. The van der Waals surface area contributed by atoms with Crippen LogP contribution in [-0.2, 0) is 0 Å². The van der Waals surface area contributed by atoms with Gasteiger partial charge in [-0.1, -0.05) is 18.2 Å². The molecule has 0 aliphatic carbocycles. The summed E-state index contributed by atoms with van der Waals surface area (Å²) in [6.45, 7) is 7.67. The molecule has 1 heterocycles. The fraction of sp³-hybridized carbons (Fsp3) is 0.200. The fourth-order valence-corrected chi connectivity index (χ4v) is 0.927. The summed E-state index contributed by atoms with van der Waals surface area (Å²) in [5.74, 6) is 0. The van der Waals surface area contributed by atoms with Gasteiger partial charge in [0.1, 0.15) is 0 Å². The summed E-state index contributed by atoms with van der Waals surface area (Å²) in [6, 6.07) is 0. The zero-order chi connectivity index (χ0) is 8.97. The molecule has 0 aliphatic heterocycles. The predicted molar refractivity (Wildman–Crippen MR) is 50.7 cm³/mol. The van der Waals surface area contributed by atoms with Gasteiger partial charge in [0, 0.05) is 12.4 Å². The van der Waals surface area contributed by atoms with Crippen LogP contribution in [0, 0.1) is 0 Å². The van der Waals surface area contributed by atoms with Crippen molar-refractivity contribution in [3.63, 3.8) is 0 Å². The van der Waals surface area contributed by atoms with Gasteiger partial charge in [-0.05, 0) is 19.9 Å². The number of allylic oxidation sites excluding steroid dienone is 1. The molecule has 0 aliphatic rings. The maximum atomic E-state index is 4.18. The summed E-state index contributed by atoms with van der Waals surface area (Å²) in [7, 11) is 0. The molecule has 0 fully saturated rings. The third-order valence-electron chi connectivity index (χ3n) is 1.41. The monoisotopic (exact) mass is 160 g/mol. The summed E-state index contributed by atoms with van der Waals surface area (Å²) in [5.41, 5.74) is 0.985. The van der Waals surface area contributed by atoms with Crippen LogP contribution < -0.4 is 10.7 Å². The Morgan fingerprint density at radius 2 is 1.92 bits per heavy atom. The second-order valence-electron chi connectivity index (χ2n) is 2.61. The zero-order valence-electron chi connectivity index (χ0n) is 7.41. The molecule has 0 atom stereocenters. The minimum atomic E-state index is 0.882. The normalized spacial score (nSPS) is 13.5. The van der Waals surface area contributed by atoms with E-state index < -0.39 is 0 Å². The van der Waals surface area contributed by atoms with Crippen molar-refractivity contribution in [1.29, 1.82) is 0 Å². The van der Waals surface area contributed by atoms with Gasteiger partial charge in [-0.3, -0.25) is 9.97 Å². The van der Waals surface area contributed by atoms with Crippen LogP contribution >= 0.6 is 0 Å². The molecule has 0 saturated heterocycles. The Balaban J connectivity index is 3.43. The van der Waals surface area contributed by atoms with Gasteiger partial charge in [-0.25, -0.2) is 0 Å². The van der Waals surface area contributed by atoms with Gasteiger partial charge in [0.2, 0.25) is 0 Å². The number of rotatable bonds is 1. The lowest BCUT2D eigenvalue weighted by Crippen LogP contribution is -2.30. The number of hydrogen-bond acceptors (Lipinski definition) is 2. The van der Waals surface area contributed by atoms with E-state index in [2.05, 4.69) is 16.5 Å². The van der Waals surface area contributed by atoms with E-state index >= 15 is 0 Å². The number of nitrogens with zero attached hydrogens (tertiary/aromatic N) is 2. The fourth-order valence-electron chi connectivity index (χ4n) is 0.927. The van der Waals surface area contributed by atoms with Gasteiger partial charge in [0.15, 0.2) is 0 Å². The van der Waals surface area contributed by atoms with Crippen molar-refractivity contribution in [1.82, 2.24) is 9.97 Å². The first-order chi connectivity index (χ1) is 5.74. The Morgan fingerprint density at radius 1 is 1.33 bits per heavy atom. The van der Waals surface area contributed by atoms with E-state index in [4.69, 9.17) is 0 Å². The lowest BCUT2D eigenvalue weighted by atomic mass is 10.3. The molecule has 1 aromatic rings. The molecule has 0 N–H and O–H groups in total. The van der Waals surface area contributed by atoms with Gasteiger partial charge in [0.05, 0.1) is 10.7 Å². The minimum absolute atomic E-state index is 0.882. The standard InChI is InChI=1S/C10H12N2/c1-4-9-10(7-8(2)3)12-6-5-11-9/h4-7H,2H2,1,3H3/b9-4+,10-7+. The van der Waals surface area contributed by atoms with Crippen molar-refractivity contribution in [3.05, 3.63) is 35.2 Å². The molecule has 2 nitrogen and oxygen atoms in total. The van der Waals surface area contributed by atoms with Crippen LogP contribution in [0.2, 0.25) is 0 Å². The molecule has 1 rings (SSSR count). The van der Waals surface area contributed by atoms with Crippen molar-refractivity contribution in [2.75, 3.05) is 0 Å². The molecule has 0 radical (unpaired) electrons. The van der Waals surface area contributed by atoms with E-state index in [0.29, 0.717) is 0 Å².